The number of nitrogens with zero attached hydrogens (tertiary/aromatic N) is 9. The summed E-state index contributed by atoms with van der Waals surface area (Å²) in [7, 11) is 3.04. The number of carbonyl (C=O) groups is 1. The molecular weight excluding hydrogens is 1110 g/mol. The van der Waals surface area contributed by atoms with Crippen molar-refractivity contribution in [3.8, 4) is 22.8 Å². The number of fused-ring (bicyclic) bond motifs is 1. The lowest BCUT2D eigenvalue weighted by molar-refractivity contribution is 0.102. The van der Waals surface area contributed by atoms with E-state index < -0.39 is 0 Å². The number of aromatic nitrogens is 7. The lowest BCUT2D eigenvalue weighted by atomic mass is 9.92. The average molecular weight is 1190 g/mol. The molecule has 7 heterocycles. The number of alkyl halides is 1. The summed E-state index contributed by atoms with van der Waals surface area (Å²) in [5.41, 5.74) is 13.9. The number of anilines is 4. The molecule has 3 saturated heterocycles. The Balaban J connectivity index is 0.000000194. The number of hydrogen-bond acceptors (Lipinski definition) is 16. The second kappa shape index (κ2) is 33.4. The zero-order valence-electron chi connectivity index (χ0n) is 45.2. The molecule has 77 heavy (non-hydrogen) atoms. The number of nitrogens with one attached hydrogen (secondary N) is 1. The van der Waals surface area contributed by atoms with Crippen LogP contribution in [0.2, 0.25) is 15.2 Å². The summed E-state index contributed by atoms with van der Waals surface area (Å²) in [6.45, 7) is 13.3. The lowest BCUT2D eigenvalue weighted by Crippen LogP contribution is -2.34. The van der Waals surface area contributed by atoms with E-state index in [4.69, 9.17) is 70.8 Å². The average Bonchev–Trinajstić information content (AvgIpc) is 3.89. The van der Waals surface area contributed by atoms with Crippen LogP contribution < -0.4 is 36.1 Å². The van der Waals surface area contributed by atoms with Gasteiger partial charge in [-0.05, 0) is 123 Å². The van der Waals surface area contributed by atoms with Gasteiger partial charge in [-0.15, -0.1) is 0 Å². The zero-order valence-corrected chi connectivity index (χ0v) is 49.1. The smallest absolute Gasteiger partial charge is 0.236 e. The molecule has 0 aliphatic carbocycles. The van der Waals surface area contributed by atoms with E-state index in [-0.39, 0.29) is 30.3 Å². The van der Waals surface area contributed by atoms with Crippen molar-refractivity contribution in [1.29, 1.82) is 0 Å². The molecule has 0 bridgehead atoms. The van der Waals surface area contributed by atoms with Crippen LogP contribution in [0.1, 0.15) is 119 Å². The summed E-state index contributed by atoms with van der Waals surface area (Å²) in [6, 6.07) is 12.2. The van der Waals surface area contributed by atoms with Crippen molar-refractivity contribution in [1.82, 2.24) is 39.6 Å². The molecule has 3 fully saturated rings. The number of methoxy groups -OCH3 is 2. The molecule has 0 saturated carbocycles. The Labute approximate surface area is 478 Å². The number of aliphatic hydroxyl groups is 2. The van der Waals surface area contributed by atoms with Crippen LogP contribution in [0.5, 0.6) is 11.5 Å². The number of carbonyl (C=O) groups excluding carboxylic acids is 1. The highest BCUT2D eigenvalue weighted by atomic mass is 79.9. The van der Waals surface area contributed by atoms with Gasteiger partial charge in [0.2, 0.25) is 17.7 Å². The first-order chi connectivity index (χ1) is 37.3. The number of benzene rings is 2. The van der Waals surface area contributed by atoms with Crippen LogP contribution in [0.3, 0.4) is 0 Å². The van der Waals surface area contributed by atoms with Crippen LogP contribution in [0.15, 0.2) is 67.3 Å². The summed E-state index contributed by atoms with van der Waals surface area (Å²) in [4.78, 5) is 41.0. The molecule has 2 aromatic carbocycles. The minimum Gasteiger partial charge on any atom is -0.495 e. The van der Waals surface area contributed by atoms with Crippen LogP contribution in [-0.2, 0) is 13.2 Å². The Hall–Kier alpha value is -5.08. The van der Waals surface area contributed by atoms with E-state index in [2.05, 4.69) is 71.8 Å². The van der Waals surface area contributed by atoms with Gasteiger partial charge in [-0.25, -0.2) is 19.9 Å². The summed E-state index contributed by atoms with van der Waals surface area (Å²) < 4.78 is 12.2. The summed E-state index contributed by atoms with van der Waals surface area (Å²) >= 11 is 20.7. The van der Waals surface area contributed by atoms with Crippen molar-refractivity contribution >= 4 is 85.8 Å². The molecule has 0 unspecified atom stereocenters. The third-order valence-corrected chi connectivity index (χ3v) is 15.1. The quantitative estimate of drug-likeness (QED) is 0.0366. The highest BCUT2D eigenvalue weighted by molar-refractivity contribution is 9.09. The van der Waals surface area contributed by atoms with E-state index in [1.165, 1.54) is 110 Å². The normalized spacial score (nSPS) is 14.9. The number of Topliss-reactive ketones (excluding diaryl/α,β-unsaturated/α-hetero) is 1. The molecule has 7 N–H and O–H groups in total. The molecule has 0 radical (unpaired) electrons. The fraction of sp³-hybridized carbons (Fsp3) is 0.518. The van der Waals surface area contributed by atoms with E-state index >= 15 is 0 Å². The molecule has 6 aromatic rings. The second-order valence-corrected chi connectivity index (χ2v) is 21.0. The number of nitrogens with two attached hydrogens (primary N) is 2. The van der Waals surface area contributed by atoms with E-state index in [1.54, 1.807) is 37.6 Å². The fourth-order valence-electron chi connectivity index (χ4n) is 9.69. The minimum absolute atomic E-state index is 0.122. The van der Waals surface area contributed by atoms with Crippen molar-refractivity contribution in [3.63, 3.8) is 0 Å². The third-order valence-electron chi connectivity index (χ3n) is 13.8. The Kier molecular flexibility index (Phi) is 27.2. The van der Waals surface area contributed by atoms with E-state index in [0.717, 1.165) is 66.8 Å². The Morgan fingerprint density at radius 1 is 0.688 bits per heavy atom. The first-order valence-corrected chi connectivity index (χ1v) is 29.0. The standard InChI is InChI=1S/C22H27ClN4O2.C12H20N4.C10H10BrClO3.C8H17N.C4H4ClN3/c1-3-4-15-5-8-26(9-6-15)21-7-10-27-13-19(24-22(27)25-21)17-12-18(23)20(29-2)11-16(17)14-28;1-2-3-10-5-8-16(9-6-10)11-4-7-14-12(13)15-11;1-15-10-2-6(5-13)7(3-8(10)12)9(14)4-11;1-2-3-8-4-6-9-7-5-8;5-3-1-2-7-4(6)8-3/h7,10-13,15,28H,3-6,8-9,14H2,1-2H3;4,7,10H,2-3,5-6,8-9H2,1H3,(H2,13,14,15);2-3,13H,4-5H2,1H3;8-9H,2-7H2,1H3;1-2H,(H2,6,7,8). The summed E-state index contributed by atoms with van der Waals surface area (Å²) in [6.07, 6.45) is 23.0. The molecule has 9 rings (SSSR count). The van der Waals surface area contributed by atoms with Crippen LogP contribution >= 0.6 is 50.7 Å². The minimum atomic E-state index is -0.221. The molecule has 21 heteroatoms. The maximum Gasteiger partial charge on any atom is 0.236 e. The second-order valence-electron chi connectivity index (χ2n) is 19.2. The zero-order chi connectivity index (χ0) is 55.7. The predicted octanol–water partition coefficient (Wildman–Crippen LogP) is 11.6. The summed E-state index contributed by atoms with van der Waals surface area (Å²) in [5, 5.41) is 23.7. The molecule has 420 valence electrons. The highest BCUT2D eigenvalue weighted by Gasteiger charge is 2.22. The maximum absolute atomic E-state index is 11.5. The summed E-state index contributed by atoms with van der Waals surface area (Å²) in [5.74, 6) is 6.81. The largest absolute Gasteiger partial charge is 0.495 e. The van der Waals surface area contributed by atoms with Crippen molar-refractivity contribution in [3.05, 3.63) is 99.1 Å². The van der Waals surface area contributed by atoms with Gasteiger partial charge < -0.3 is 46.3 Å². The number of ketones is 1. The number of imidazole rings is 1. The van der Waals surface area contributed by atoms with Gasteiger partial charge in [-0.2, -0.15) is 9.97 Å². The Morgan fingerprint density at radius 2 is 1.19 bits per heavy atom. The van der Waals surface area contributed by atoms with Crippen molar-refractivity contribution in [2.45, 2.75) is 111 Å². The molecule has 3 aliphatic rings. The van der Waals surface area contributed by atoms with E-state index in [0.29, 0.717) is 55.1 Å². The van der Waals surface area contributed by atoms with Gasteiger partial charge in [-0.3, -0.25) is 9.20 Å². The van der Waals surface area contributed by atoms with Gasteiger partial charge in [-0.1, -0.05) is 110 Å². The molecule has 17 nitrogen and oxygen atoms in total. The van der Waals surface area contributed by atoms with Crippen LogP contribution in [-0.4, -0.2) is 109 Å². The van der Waals surface area contributed by atoms with Gasteiger partial charge in [0.15, 0.2) is 5.78 Å². The van der Waals surface area contributed by atoms with Crippen molar-refractivity contribution < 1.29 is 24.5 Å². The SMILES string of the molecule is CCCC1CCN(c2ccn3cc(-c4cc(Cl)c(OC)cc4CO)nc3n2)CC1.CCCC1CCN(c2ccnc(N)n2)CC1.CCCC1CCNCC1.COc1cc(CO)c(C(=O)CBr)cc1Cl.Nc1nccc(Cl)n1. The fourth-order valence-corrected chi connectivity index (χ4v) is 10.6. The van der Waals surface area contributed by atoms with Crippen LogP contribution in [0.25, 0.3) is 17.0 Å². The van der Waals surface area contributed by atoms with Gasteiger partial charge >= 0.3 is 0 Å². The molecule has 0 atom stereocenters. The van der Waals surface area contributed by atoms with Crippen molar-refractivity contribution in [2.75, 3.05) is 80.1 Å². The lowest BCUT2D eigenvalue weighted by Gasteiger charge is -2.32. The van der Waals surface area contributed by atoms with E-state index in [9.17, 15) is 9.90 Å². The number of hydrogen-bond donors (Lipinski definition) is 5. The monoisotopic (exact) mass is 1180 g/mol. The number of ether oxygens (including phenoxy) is 2. The Morgan fingerprint density at radius 3 is 1.68 bits per heavy atom. The third kappa shape index (κ3) is 19.7. The predicted molar refractivity (Wildman–Crippen MR) is 316 cm³/mol. The van der Waals surface area contributed by atoms with Gasteiger partial charge in [0.25, 0.3) is 0 Å². The van der Waals surface area contributed by atoms with E-state index in [1.807, 2.05) is 28.9 Å². The number of nitrogen functional groups attached to an aromatic ring is 2. The van der Waals surface area contributed by atoms with Gasteiger partial charge in [0.05, 0.1) is 48.5 Å². The number of aliphatic hydroxyl groups excluding tert-OH is 2. The molecule has 3 aliphatic heterocycles. The first kappa shape index (κ1) is 62.8. The number of halogens is 4. The number of rotatable bonds is 15. The van der Waals surface area contributed by atoms with Crippen LogP contribution in [0.4, 0.5) is 23.5 Å². The van der Waals surface area contributed by atoms with Crippen molar-refractivity contribution in [2.24, 2.45) is 17.8 Å². The first-order valence-electron chi connectivity index (χ1n) is 26.7. The maximum atomic E-state index is 11.5. The topological polar surface area (TPSA) is 228 Å². The van der Waals surface area contributed by atoms with Gasteiger partial charge in [0.1, 0.15) is 28.3 Å². The molecule has 0 spiro atoms. The van der Waals surface area contributed by atoms with Gasteiger partial charge in [0, 0.05) is 62.1 Å². The molecule has 0 amide bonds. The molecular formula is C56H78BrCl3N12O5. The highest BCUT2D eigenvalue weighted by Crippen LogP contribution is 2.35. The van der Waals surface area contributed by atoms with Crippen LogP contribution in [0, 0.1) is 17.8 Å². The molecule has 4 aromatic heterocycles. The Bertz CT molecular complexity index is 2700. The number of piperidine rings is 3.